The number of carbonyl (C=O) groups excluding carboxylic acids is 1. The van der Waals surface area contributed by atoms with Gasteiger partial charge in [0.2, 0.25) is 0 Å². The highest BCUT2D eigenvalue weighted by atomic mass is 16.5. The number of rotatable bonds is 6. The van der Waals surface area contributed by atoms with Gasteiger partial charge in [-0.25, -0.2) is 0 Å². The van der Waals surface area contributed by atoms with Crippen molar-refractivity contribution >= 4 is 5.97 Å². The Morgan fingerprint density at radius 2 is 2.04 bits per heavy atom. The molecule has 0 saturated carbocycles. The lowest BCUT2D eigenvalue weighted by Gasteiger charge is -2.28. The molecule has 2 rings (SSSR count). The monoisotopic (exact) mass is 314 g/mol. The van der Waals surface area contributed by atoms with Gasteiger partial charge >= 0.3 is 5.97 Å². The van der Waals surface area contributed by atoms with Crippen LogP contribution in [0.3, 0.4) is 0 Å². The van der Waals surface area contributed by atoms with Crippen LogP contribution in [0.1, 0.15) is 58.1 Å². The van der Waals surface area contributed by atoms with Crippen molar-refractivity contribution in [1.29, 1.82) is 0 Å². The van der Waals surface area contributed by atoms with Gasteiger partial charge in [0.15, 0.2) is 6.10 Å². The molecule has 1 aromatic carbocycles. The minimum Gasteiger partial charge on any atom is -0.483 e. The van der Waals surface area contributed by atoms with E-state index in [0.717, 1.165) is 30.6 Å². The lowest BCUT2D eigenvalue weighted by atomic mass is 9.91. The summed E-state index contributed by atoms with van der Waals surface area (Å²) >= 11 is 0. The van der Waals surface area contributed by atoms with Crippen LogP contribution in [-0.2, 0) is 9.53 Å². The fourth-order valence-electron chi connectivity index (χ4n) is 2.72. The molecule has 1 unspecified atom stereocenters. The number of benzene rings is 1. The number of esters is 1. The molecule has 1 atom stereocenters. The Balaban J connectivity index is 2.40. The number of hydrogen-bond acceptors (Lipinski definition) is 3. The van der Waals surface area contributed by atoms with Crippen LogP contribution in [0.15, 0.2) is 48.6 Å². The van der Waals surface area contributed by atoms with Crippen LogP contribution < -0.4 is 4.74 Å². The molecule has 0 radical (unpaired) electrons. The zero-order valence-corrected chi connectivity index (χ0v) is 14.3. The first-order chi connectivity index (χ1) is 10.9. The first-order valence-electron chi connectivity index (χ1n) is 8.20. The standard InChI is InChI=1S/C20H26O3/c1-5-20(3,4)23-18-14-10-9-13-17(18)19(22-15(2)21)16-11-7-6-8-12-16/h5,9-11,13-14,19H,1,6-8,12H2,2-4H3. The number of para-hydroxylation sites is 1. The molecule has 124 valence electrons. The molecular formula is C20H26O3. The van der Waals surface area contributed by atoms with Gasteiger partial charge in [0.05, 0.1) is 0 Å². The molecule has 0 heterocycles. The van der Waals surface area contributed by atoms with Gasteiger partial charge in [-0.2, -0.15) is 0 Å². The average molecular weight is 314 g/mol. The highest BCUT2D eigenvalue weighted by Crippen LogP contribution is 2.38. The minimum atomic E-state index is -0.488. The third-order valence-corrected chi connectivity index (χ3v) is 4.01. The summed E-state index contributed by atoms with van der Waals surface area (Å²) in [6.45, 7) is 9.18. The fraction of sp³-hybridized carbons (Fsp3) is 0.450. The maximum Gasteiger partial charge on any atom is 0.303 e. The van der Waals surface area contributed by atoms with Crippen molar-refractivity contribution in [3.05, 3.63) is 54.1 Å². The molecule has 1 aliphatic carbocycles. The van der Waals surface area contributed by atoms with Crippen molar-refractivity contribution in [2.24, 2.45) is 0 Å². The number of hydrogen-bond donors (Lipinski definition) is 0. The topological polar surface area (TPSA) is 35.5 Å². The van der Waals surface area contributed by atoms with E-state index in [9.17, 15) is 4.79 Å². The number of allylic oxidation sites excluding steroid dienone is 1. The van der Waals surface area contributed by atoms with E-state index in [1.807, 2.05) is 38.1 Å². The smallest absolute Gasteiger partial charge is 0.303 e. The van der Waals surface area contributed by atoms with Gasteiger partial charge < -0.3 is 9.47 Å². The summed E-state index contributed by atoms with van der Waals surface area (Å²) < 4.78 is 11.8. The molecule has 0 spiro atoms. The molecule has 3 heteroatoms. The molecule has 0 N–H and O–H groups in total. The van der Waals surface area contributed by atoms with Gasteiger partial charge in [0.25, 0.3) is 0 Å². The van der Waals surface area contributed by atoms with Crippen molar-refractivity contribution in [3.63, 3.8) is 0 Å². The third-order valence-electron chi connectivity index (χ3n) is 4.01. The number of carbonyl (C=O) groups is 1. The quantitative estimate of drug-likeness (QED) is 0.539. The van der Waals surface area contributed by atoms with Crippen molar-refractivity contribution in [1.82, 2.24) is 0 Å². The van der Waals surface area contributed by atoms with Crippen molar-refractivity contribution in [2.75, 3.05) is 0 Å². The zero-order chi connectivity index (χ0) is 16.9. The van der Waals surface area contributed by atoms with Crippen LogP contribution >= 0.6 is 0 Å². The summed E-state index contributed by atoms with van der Waals surface area (Å²) in [7, 11) is 0. The van der Waals surface area contributed by atoms with Crippen LogP contribution in [0.5, 0.6) is 5.75 Å². The zero-order valence-electron chi connectivity index (χ0n) is 14.3. The maximum absolute atomic E-state index is 11.6. The molecule has 1 aromatic rings. The van der Waals surface area contributed by atoms with Gasteiger partial charge in [0, 0.05) is 12.5 Å². The van der Waals surface area contributed by atoms with E-state index in [-0.39, 0.29) is 12.1 Å². The second kappa shape index (κ2) is 7.49. The molecule has 0 bridgehead atoms. The molecule has 0 aliphatic heterocycles. The summed E-state index contributed by atoms with van der Waals surface area (Å²) in [6.07, 6.45) is 7.91. The molecule has 1 aliphatic rings. The first-order valence-corrected chi connectivity index (χ1v) is 8.20. The van der Waals surface area contributed by atoms with Crippen molar-refractivity contribution in [3.8, 4) is 5.75 Å². The van der Waals surface area contributed by atoms with Gasteiger partial charge in [-0.05, 0) is 57.2 Å². The summed E-state index contributed by atoms with van der Waals surface area (Å²) in [6, 6.07) is 7.76. The normalized spacial score (nSPS) is 16.2. The molecule has 0 aromatic heterocycles. The Morgan fingerprint density at radius 1 is 1.30 bits per heavy atom. The van der Waals surface area contributed by atoms with E-state index >= 15 is 0 Å². The predicted molar refractivity (Wildman–Crippen MR) is 92.4 cm³/mol. The van der Waals surface area contributed by atoms with Gasteiger partial charge in [-0.3, -0.25) is 4.79 Å². The molecule has 0 amide bonds. The van der Waals surface area contributed by atoms with Crippen molar-refractivity contribution in [2.45, 2.75) is 58.2 Å². The lowest BCUT2D eigenvalue weighted by molar-refractivity contribution is -0.145. The molecule has 0 saturated heterocycles. The Bertz CT molecular complexity index is 599. The Hall–Kier alpha value is -2.03. The first kappa shape index (κ1) is 17.3. The Kier molecular flexibility index (Phi) is 5.64. The fourth-order valence-corrected chi connectivity index (χ4v) is 2.72. The second-order valence-corrected chi connectivity index (χ2v) is 6.46. The molecule has 0 fully saturated rings. The van der Waals surface area contributed by atoms with Crippen molar-refractivity contribution < 1.29 is 14.3 Å². The van der Waals surface area contributed by atoms with E-state index in [1.54, 1.807) is 6.08 Å². The third kappa shape index (κ3) is 4.72. The second-order valence-electron chi connectivity index (χ2n) is 6.46. The summed E-state index contributed by atoms with van der Waals surface area (Å²) in [5.41, 5.74) is 1.57. The lowest BCUT2D eigenvalue weighted by Crippen LogP contribution is -2.26. The van der Waals surface area contributed by atoms with E-state index in [2.05, 4.69) is 12.7 Å². The summed E-state index contributed by atoms with van der Waals surface area (Å²) in [5, 5.41) is 0. The van der Waals surface area contributed by atoms with E-state index < -0.39 is 5.60 Å². The van der Waals surface area contributed by atoms with Gasteiger partial charge in [-0.15, -0.1) is 0 Å². The SMILES string of the molecule is C=CC(C)(C)Oc1ccccc1C(OC(C)=O)C1=CCCCC1. The summed E-state index contributed by atoms with van der Waals surface area (Å²) in [4.78, 5) is 11.6. The summed E-state index contributed by atoms with van der Waals surface area (Å²) in [5.74, 6) is 0.453. The van der Waals surface area contributed by atoms with Gasteiger partial charge in [0.1, 0.15) is 11.4 Å². The van der Waals surface area contributed by atoms with E-state index in [4.69, 9.17) is 9.47 Å². The van der Waals surface area contributed by atoms with Gasteiger partial charge in [-0.1, -0.05) is 30.9 Å². The van der Waals surface area contributed by atoms with Crippen LogP contribution in [-0.4, -0.2) is 11.6 Å². The Morgan fingerprint density at radius 3 is 2.65 bits per heavy atom. The molecule has 3 nitrogen and oxygen atoms in total. The number of ether oxygens (including phenoxy) is 2. The Labute approximate surface area is 139 Å². The highest BCUT2D eigenvalue weighted by Gasteiger charge is 2.26. The van der Waals surface area contributed by atoms with Crippen LogP contribution in [0, 0.1) is 0 Å². The van der Waals surface area contributed by atoms with Crippen LogP contribution in [0.2, 0.25) is 0 Å². The van der Waals surface area contributed by atoms with E-state index in [1.165, 1.54) is 18.9 Å². The highest BCUT2D eigenvalue weighted by molar-refractivity contribution is 5.67. The molecular weight excluding hydrogens is 288 g/mol. The predicted octanol–water partition coefficient (Wildman–Crippen LogP) is 5.13. The average Bonchev–Trinajstić information content (AvgIpc) is 2.54. The molecule has 23 heavy (non-hydrogen) atoms. The van der Waals surface area contributed by atoms with E-state index in [0.29, 0.717) is 0 Å². The van der Waals surface area contributed by atoms with Crippen LogP contribution in [0.25, 0.3) is 0 Å². The maximum atomic E-state index is 11.6. The van der Waals surface area contributed by atoms with Crippen LogP contribution in [0.4, 0.5) is 0 Å². The largest absolute Gasteiger partial charge is 0.483 e. The minimum absolute atomic E-state index is 0.278.